The van der Waals surface area contributed by atoms with Crippen LogP contribution in [0.3, 0.4) is 0 Å². The summed E-state index contributed by atoms with van der Waals surface area (Å²) >= 11 is 0. The predicted octanol–water partition coefficient (Wildman–Crippen LogP) is 2.30. The molecule has 0 aliphatic carbocycles. The number of nitrogen functional groups attached to an aromatic ring is 1. The van der Waals surface area contributed by atoms with Crippen LogP contribution in [0.2, 0.25) is 0 Å². The number of nitriles is 1. The molecule has 0 atom stereocenters. The van der Waals surface area contributed by atoms with Gasteiger partial charge in [0.1, 0.15) is 6.07 Å². The summed E-state index contributed by atoms with van der Waals surface area (Å²) in [6, 6.07) is 12.1. The van der Waals surface area contributed by atoms with Gasteiger partial charge in [0.25, 0.3) is 0 Å². The van der Waals surface area contributed by atoms with Crippen LogP contribution >= 0.6 is 0 Å². The standard InChI is InChI=1S/C13H13N3O/c14-9-11-13(15)17-12(16-11)8-4-7-10-5-2-1-3-6-10/h1-3,5-6H,4,7-8,15H2. The Bertz CT molecular complexity index is 525. The lowest BCUT2D eigenvalue weighted by Gasteiger charge is -1.98. The molecular formula is C13H13N3O. The largest absolute Gasteiger partial charge is 0.424 e. The average molecular weight is 227 g/mol. The summed E-state index contributed by atoms with van der Waals surface area (Å²) in [6.45, 7) is 0. The maximum Gasteiger partial charge on any atom is 0.229 e. The lowest BCUT2D eigenvalue weighted by Crippen LogP contribution is -1.90. The van der Waals surface area contributed by atoms with E-state index in [4.69, 9.17) is 15.4 Å². The molecule has 0 radical (unpaired) electrons. The van der Waals surface area contributed by atoms with Gasteiger partial charge in [-0.25, -0.2) is 4.98 Å². The molecule has 4 nitrogen and oxygen atoms in total. The average Bonchev–Trinajstić information content (AvgIpc) is 2.71. The van der Waals surface area contributed by atoms with Crippen molar-refractivity contribution in [3.63, 3.8) is 0 Å². The van der Waals surface area contributed by atoms with Crippen LogP contribution in [0.25, 0.3) is 0 Å². The predicted molar refractivity (Wildman–Crippen MR) is 64.1 cm³/mol. The maximum atomic E-state index is 8.68. The summed E-state index contributed by atoms with van der Waals surface area (Å²) in [5.74, 6) is 0.650. The van der Waals surface area contributed by atoms with E-state index in [2.05, 4.69) is 17.1 Å². The molecule has 0 fully saturated rings. The number of nitrogens with zero attached hydrogens (tertiary/aromatic N) is 2. The van der Waals surface area contributed by atoms with Gasteiger partial charge in [0.15, 0.2) is 5.89 Å². The molecule has 0 spiro atoms. The van der Waals surface area contributed by atoms with Crippen LogP contribution in [0.5, 0.6) is 0 Å². The Balaban J connectivity index is 1.88. The minimum atomic E-state index is 0.113. The van der Waals surface area contributed by atoms with Gasteiger partial charge in [-0.1, -0.05) is 30.3 Å². The summed E-state index contributed by atoms with van der Waals surface area (Å²) in [5.41, 5.74) is 6.95. The second-order valence-electron chi connectivity index (χ2n) is 3.77. The fourth-order valence-electron chi connectivity index (χ4n) is 1.65. The number of oxazole rings is 1. The van der Waals surface area contributed by atoms with Crippen LogP contribution in [-0.4, -0.2) is 4.98 Å². The van der Waals surface area contributed by atoms with E-state index in [1.165, 1.54) is 5.56 Å². The van der Waals surface area contributed by atoms with Crippen molar-refractivity contribution in [2.75, 3.05) is 5.73 Å². The Hall–Kier alpha value is -2.28. The minimum absolute atomic E-state index is 0.113. The second kappa shape index (κ2) is 5.17. The number of nitrogens with two attached hydrogens (primary N) is 1. The Morgan fingerprint density at radius 3 is 2.65 bits per heavy atom. The number of aryl methyl sites for hydroxylation is 2. The van der Waals surface area contributed by atoms with Crippen LogP contribution in [-0.2, 0) is 12.8 Å². The van der Waals surface area contributed by atoms with Crippen LogP contribution in [0.1, 0.15) is 23.6 Å². The van der Waals surface area contributed by atoms with Gasteiger partial charge in [0, 0.05) is 6.42 Å². The van der Waals surface area contributed by atoms with E-state index >= 15 is 0 Å². The Morgan fingerprint density at radius 1 is 1.24 bits per heavy atom. The molecule has 4 heteroatoms. The van der Waals surface area contributed by atoms with E-state index < -0.39 is 0 Å². The Kier molecular flexibility index (Phi) is 3.41. The highest BCUT2D eigenvalue weighted by Crippen LogP contribution is 2.14. The number of hydrogen-bond acceptors (Lipinski definition) is 4. The number of rotatable bonds is 4. The molecule has 0 unspecified atom stereocenters. The van der Waals surface area contributed by atoms with Gasteiger partial charge in [-0.05, 0) is 18.4 Å². The smallest absolute Gasteiger partial charge is 0.229 e. The van der Waals surface area contributed by atoms with Crippen molar-refractivity contribution in [3.8, 4) is 6.07 Å². The highest BCUT2D eigenvalue weighted by molar-refractivity contribution is 5.40. The molecular weight excluding hydrogens is 214 g/mol. The maximum absolute atomic E-state index is 8.68. The lowest BCUT2D eigenvalue weighted by atomic mass is 10.1. The number of benzene rings is 1. The van der Waals surface area contributed by atoms with Crippen LogP contribution in [0.4, 0.5) is 5.88 Å². The molecule has 2 rings (SSSR count). The first kappa shape index (κ1) is 11.2. The van der Waals surface area contributed by atoms with Gasteiger partial charge < -0.3 is 10.2 Å². The van der Waals surface area contributed by atoms with E-state index in [0.717, 1.165) is 12.8 Å². The molecule has 0 bridgehead atoms. The second-order valence-corrected chi connectivity index (χ2v) is 3.77. The first-order valence-electron chi connectivity index (χ1n) is 5.49. The fraction of sp³-hybridized carbons (Fsp3) is 0.231. The van der Waals surface area contributed by atoms with Crippen LogP contribution < -0.4 is 5.73 Å². The molecule has 1 aromatic heterocycles. The topological polar surface area (TPSA) is 75.8 Å². The van der Waals surface area contributed by atoms with Crippen molar-refractivity contribution in [1.82, 2.24) is 4.98 Å². The molecule has 1 heterocycles. The number of hydrogen-bond donors (Lipinski definition) is 1. The molecule has 17 heavy (non-hydrogen) atoms. The molecule has 0 saturated heterocycles. The zero-order valence-corrected chi connectivity index (χ0v) is 9.39. The third-order valence-electron chi connectivity index (χ3n) is 2.50. The first-order valence-corrected chi connectivity index (χ1v) is 5.49. The van der Waals surface area contributed by atoms with Crippen molar-refractivity contribution in [1.29, 1.82) is 5.26 Å². The molecule has 0 saturated carbocycles. The zero-order valence-electron chi connectivity index (χ0n) is 9.39. The summed E-state index contributed by atoms with van der Waals surface area (Å²) in [7, 11) is 0. The summed E-state index contributed by atoms with van der Waals surface area (Å²) < 4.78 is 5.19. The van der Waals surface area contributed by atoms with Gasteiger partial charge >= 0.3 is 0 Å². The van der Waals surface area contributed by atoms with Gasteiger partial charge in [-0.15, -0.1) is 0 Å². The summed E-state index contributed by atoms with van der Waals surface area (Å²) in [6.07, 6.45) is 2.58. The van der Waals surface area contributed by atoms with E-state index in [-0.39, 0.29) is 11.6 Å². The van der Waals surface area contributed by atoms with Crippen molar-refractivity contribution < 1.29 is 4.42 Å². The van der Waals surface area contributed by atoms with Gasteiger partial charge in [0.05, 0.1) is 0 Å². The zero-order chi connectivity index (χ0) is 12.1. The third-order valence-corrected chi connectivity index (χ3v) is 2.50. The van der Waals surface area contributed by atoms with Gasteiger partial charge in [0.2, 0.25) is 11.6 Å². The molecule has 0 aliphatic rings. The molecule has 0 amide bonds. The molecule has 86 valence electrons. The van der Waals surface area contributed by atoms with E-state index in [1.807, 2.05) is 24.3 Å². The highest BCUT2D eigenvalue weighted by Gasteiger charge is 2.08. The van der Waals surface area contributed by atoms with E-state index in [1.54, 1.807) is 0 Å². The molecule has 0 aliphatic heterocycles. The Morgan fingerprint density at radius 2 is 2.00 bits per heavy atom. The fourth-order valence-corrected chi connectivity index (χ4v) is 1.65. The Labute approximate surface area is 99.7 Å². The number of aromatic nitrogens is 1. The van der Waals surface area contributed by atoms with Gasteiger partial charge in [-0.2, -0.15) is 5.26 Å². The van der Waals surface area contributed by atoms with Crippen molar-refractivity contribution >= 4 is 5.88 Å². The monoisotopic (exact) mass is 227 g/mol. The highest BCUT2D eigenvalue weighted by atomic mass is 16.4. The quantitative estimate of drug-likeness (QED) is 0.869. The third kappa shape index (κ3) is 2.85. The summed E-state index contributed by atoms with van der Waals surface area (Å²) in [4.78, 5) is 4.01. The molecule has 2 N–H and O–H groups in total. The molecule has 1 aromatic carbocycles. The normalized spacial score (nSPS) is 10.1. The van der Waals surface area contributed by atoms with Gasteiger partial charge in [-0.3, -0.25) is 0 Å². The lowest BCUT2D eigenvalue weighted by molar-refractivity contribution is 0.502. The minimum Gasteiger partial charge on any atom is -0.424 e. The number of anilines is 1. The summed E-state index contributed by atoms with van der Waals surface area (Å²) in [5, 5.41) is 8.68. The van der Waals surface area contributed by atoms with Crippen LogP contribution in [0.15, 0.2) is 34.7 Å². The van der Waals surface area contributed by atoms with E-state index in [9.17, 15) is 0 Å². The molecule has 2 aromatic rings. The van der Waals surface area contributed by atoms with Crippen molar-refractivity contribution in [2.45, 2.75) is 19.3 Å². The SMILES string of the molecule is N#Cc1nc(CCCc2ccccc2)oc1N. The van der Waals surface area contributed by atoms with E-state index in [0.29, 0.717) is 12.3 Å². The van der Waals surface area contributed by atoms with Crippen molar-refractivity contribution in [2.24, 2.45) is 0 Å². The van der Waals surface area contributed by atoms with Crippen molar-refractivity contribution in [3.05, 3.63) is 47.5 Å². The first-order chi connectivity index (χ1) is 8.29. The van der Waals surface area contributed by atoms with Crippen LogP contribution in [0, 0.1) is 11.3 Å².